The molecule has 7 heteroatoms. The van der Waals surface area contributed by atoms with Crippen molar-refractivity contribution < 1.29 is 0 Å². The summed E-state index contributed by atoms with van der Waals surface area (Å²) in [7, 11) is 0. The molecule has 3 aromatic heterocycles. The number of H-pyrrole nitrogens is 1. The van der Waals surface area contributed by atoms with Crippen LogP contribution in [0.25, 0.3) is 0 Å². The van der Waals surface area contributed by atoms with Crippen LogP contribution in [0.2, 0.25) is 0 Å². The first-order chi connectivity index (χ1) is 9.42. The highest BCUT2D eigenvalue weighted by Crippen LogP contribution is 2.25. The van der Waals surface area contributed by atoms with E-state index < -0.39 is 0 Å². The Morgan fingerprint density at radius 2 is 2.11 bits per heavy atom. The lowest BCUT2D eigenvalue weighted by molar-refractivity contribution is 0.529. The van der Waals surface area contributed by atoms with Crippen molar-refractivity contribution in [1.29, 1.82) is 0 Å². The smallest absolute Gasteiger partial charge is 0.188 e. The fraction of sp³-hybridized carbons (Fsp3) is 0.250. The minimum absolute atomic E-state index is 0.289. The Bertz CT molecular complexity index is 574. The second-order valence-corrected chi connectivity index (χ2v) is 6.07. The number of nitrogens with one attached hydrogen (secondary N) is 2. The maximum atomic E-state index is 3.96. The molecule has 2 N–H and O–H groups in total. The standard InChI is InChI=1S/C12H13N5S2/c1-3-9(18-5-1)7-10(11-4-2-6-19-11)13-8-12-14-16-17-15-12/h1-6,10,13H,7-8H2,(H,14,15,16,17). The number of nitrogens with zero attached hydrogens (tertiary/aromatic N) is 3. The number of hydrogen-bond donors (Lipinski definition) is 2. The molecule has 0 spiro atoms. The molecule has 0 fully saturated rings. The van der Waals surface area contributed by atoms with Crippen LogP contribution in [0.3, 0.4) is 0 Å². The topological polar surface area (TPSA) is 66.5 Å². The molecule has 98 valence electrons. The molecule has 1 unspecified atom stereocenters. The molecule has 0 amide bonds. The van der Waals surface area contributed by atoms with Crippen molar-refractivity contribution in [2.24, 2.45) is 0 Å². The van der Waals surface area contributed by atoms with Gasteiger partial charge < -0.3 is 5.32 Å². The van der Waals surface area contributed by atoms with Gasteiger partial charge in [-0.1, -0.05) is 17.3 Å². The first kappa shape index (κ1) is 12.5. The van der Waals surface area contributed by atoms with E-state index in [4.69, 9.17) is 0 Å². The lowest BCUT2D eigenvalue weighted by atomic mass is 10.1. The molecule has 3 aromatic rings. The third-order valence-corrected chi connectivity index (χ3v) is 4.65. The molecule has 0 saturated heterocycles. The van der Waals surface area contributed by atoms with Crippen LogP contribution in [0.4, 0.5) is 0 Å². The number of tetrazole rings is 1. The van der Waals surface area contributed by atoms with Crippen molar-refractivity contribution in [2.45, 2.75) is 19.0 Å². The molecule has 0 aliphatic heterocycles. The summed E-state index contributed by atoms with van der Waals surface area (Å²) in [4.78, 5) is 2.70. The summed E-state index contributed by atoms with van der Waals surface area (Å²) in [5.74, 6) is 0.688. The van der Waals surface area contributed by atoms with E-state index in [9.17, 15) is 0 Å². The summed E-state index contributed by atoms with van der Waals surface area (Å²) in [5, 5.41) is 21.7. The van der Waals surface area contributed by atoms with Gasteiger partial charge in [0.2, 0.25) is 0 Å². The van der Waals surface area contributed by atoms with Crippen LogP contribution in [0, 0.1) is 0 Å². The molecule has 0 radical (unpaired) electrons. The van der Waals surface area contributed by atoms with Crippen LogP contribution >= 0.6 is 22.7 Å². The molecule has 1 atom stereocenters. The Balaban J connectivity index is 1.69. The monoisotopic (exact) mass is 291 g/mol. The number of thiophene rings is 2. The molecular formula is C12H13N5S2. The minimum Gasteiger partial charge on any atom is -0.302 e. The summed E-state index contributed by atoms with van der Waals surface area (Å²) in [6, 6.07) is 8.78. The van der Waals surface area contributed by atoms with Gasteiger partial charge in [0.15, 0.2) is 5.82 Å². The maximum absolute atomic E-state index is 3.96. The lowest BCUT2D eigenvalue weighted by Crippen LogP contribution is -2.22. The van der Waals surface area contributed by atoms with Crippen LogP contribution in [0.1, 0.15) is 21.6 Å². The van der Waals surface area contributed by atoms with Crippen molar-refractivity contribution >= 4 is 22.7 Å². The van der Waals surface area contributed by atoms with Crippen molar-refractivity contribution in [1.82, 2.24) is 25.9 Å². The zero-order chi connectivity index (χ0) is 12.9. The van der Waals surface area contributed by atoms with Crippen LogP contribution < -0.4 is 5.32 Å². The van der Waals surface area contributed by atoms with E-state index in [0.717, 1.165) is 6.42 Å². The van der Waals surface area contributed by atoms with Crippen molar-refractivity contribution in [3.8, 4) is 0 Å². The van der Waals surface area contributed by atoms with Crippen LogP contribution in [-0.4, -0.2) is 20.6 Å². The average Bonchev–Trinajstić information content (AvgIpc) is 3.15. The van der Waals surface area contributed by atoms with Crippen LogP contribution in [0.15, 0.2) is 35.0 Å². The van der Waals surface area contributed by atoms with Crippen LogP contribution in [-0.2, 0) is 13.0 Å². The fourth-order valence-corrected chi connectivity index (χ4v) is 3.42. The molecule has 3 heterocycles. The van der Waals surface area contributed by atoms with E-state index in [-0.39, 0.29) is 6.04 Å². The largest absolute Gasteiger partial charge is 0.302 e. The highest BCUT2D eigenvalue weighted by atomic mass is 32.1. The predicted octanol–water partition coefficient (Wildman–Crippen LogP) is 2.40. The highest BCUT2D eigenvalue weighted by Gasteiger charge is 2.14. The Hall–Kier alpha value is -1.57. The Morgan fingerprint density at radius 3 is 2.79 bits per heavy atom. The van der Waals surface area contributed by atoms with Crippen molar-refractivity contribution in [2.75, 3.05) is 0 Å². The zero-order valence-electron chi connectivity index (χ0n) is 10.1. The molecule has 3 rings (SSSR count). The third-order valence-electron chi connectivity index (χ3n) is 2.77. The van der Waals surface area contributed by atoms with E-state index in [1.54, 1.807) is 22.7 Å². The molecule has 0 aromatic carbocycles. The molecule has 0 saturated carbocycles. The Kier molecular flexibility index (Phi) is 3.97. The summed E-state index contributed by atoms with van der Waals surface area (Å²) < 4.78 is 0. The quantitative estimate of drug-likeness (QED) is 0.732. The summed E-state index contributed by atoms with van der Waals surface area (Å²) in [6.07, 6.45) is 0.982. The van der Waals surface area contributed by atoms with Gasteiger partial charge in [0.05, 0.1) is 6.54 Å². The summed E-state index contributed by atoms with van der Waals surface area (Å²) in [5.41, 5.74) is 0. The minimum atomic E-state index is 0.289. The van der Waals surface area contributed by atoms with Gasteiger partial charge in [0, 0.05) is 22.2 Å². The first-order valence-electron chi connectivity index (χ1n) is 5.93. The van der Waals surface area contributed by atoms with Gasteiger partial charge in [0.1, 0.15) is 0 Å². The van der Waals surface area contributed by atoms with E-state index in [0.29, 0.717) is 12.4 Å². The van der Waals surface area contributed by atoms with Crippen LogP contribution in [0.5, 0.6) is 0 Å². The van der Waals surface area contributed by atoms with E-state index in [1.165, 1.54) is 9.75 Å². The number of aromatic amines is 1. The van der Waals surface area contributed by atoms with Gasteiger partial charge in [-0.15, -0.1) is 32.9 Å². The molecular weight excluding hydrogens is 278 g/mol. The van der Waals surface area contributed by atoms with Gasteiger partial charge >= 0.3 is 0 Å². The Morgan fingerprint density at radius 1 is 1.21 bits per heavy atom. The predicted molar refractivity (Wildman–Crippen MR) is 76.1 cm³/mol. The second-order valence-electron chi connectivity index (χ2n) is 4.06. The van der Waals surface area contributed by atoms with E-state index >= 15 is 0 Å². The zero-order valence-corrected chi connectivity index (χ0v) is 11.7. The van der Waals surface area contributed by atoms with Crippen molar-refractivity contribution in [3.63, 3.8) is 0 Å². The average molecular weight is 291 g/mol. The molecule has 0 bridgehead atoms. The van der Waals surface area contributed by atoms with Gasteiger partial charge in [0.25, 0.3) is 0 Å². The van der Waals surface area contributed by atoms with Gasteiger partial charge in [-0.2, -0.15) is 5.21 Å². The Labute approximate surface area is 118 Å². The first-order valence-corrected chi connectivity index (χ1v) is 7.69. The molecule has 19 heavy (non-hydrogen) atoms. The molecule has 5 nitrogen and oxygen atoms in total. The van der Waals surface area contributed by atoms with Gasteiger partial charge in [-0.25, -0.2) is 0 Å². The lowest BCUT2D eigenvalue weighted by Gasteiger charge is -2.15. The fourth-order valence-electron chi connectivity index (χ4n) is 1.86. The van der Waals surface area contributed by atoms with E-state index in [1.807, 2.05) is 0 Å². The van der Waals surface area contributed by atoms with Gasteiger partial charge in [-0.3, -0.25) is 0 Å². The SMILES string of the molecule is c1csc(CC(NCc2nn[nH]n2)c2cccs2)c1. The molecule has 0 aliphatic carbocycles. The summed E-state index contributed by atoms with van der Waals surface area (Å²) in [6.45, 7) is 0.616. The normalized spacial score (nSPS) is 12.6. The van der Waals surface area contributed by atoms with E-state index in [2.05, 4.69) is 61.0 Å². The maximum Gasteiger partial charge on any atom is 0.188 e. The second kappa shape index (κ2) is 6.05. The number of aromatic nitrogens is 4. The van der Waals surface area contributed by atoms with Gasteiger partial charge in [-0.05, 0) is 22.9 Å². The number of rotatable bonds is 6. The number of hydrogen-bond acceptors (Lipinski definition) is 6. The summed E-state index contributed by atoms with van der Waals surface area (Å²) >= 11 is 3.55. The highest BCUT2D eigenvalue weighted by molar-refractivity contribution is 7.10. The van der Waals surface area contributed by atoms with Crippen molar-refractivity contribution in [3.05, 3.63) is 50.6 Å². The molecule has 0 aliphatic rings. The third kappa shape index (κ3) is 3.25.